The van der Waals surface area contributed by atoms with E-state index in [1.165, 1.54) is 13.2 Å². The van der Waals surface area contributed by atoms with E-state index in [4.69, 9.17) is 9.88 Å². The Morgan fingerprint density at radius 3 is 2.18 bits per heavy atom. The summed E-state index contributed by atoms with van der Waals surface area (Å²) < 4.78 is 28.1. The third-order valence-corrected chi connectivity index (χ3v) is 3.67. The van der Waals surface area contributed by atoms with Gasteiger partial charge in [-0.1, -0.05) is 6.07 Å². The van der Waals surface area contributed by atoms with E-state index in [-0.39, 0.29) is 34.6 Å². The van der Waals surface area contributed by atoms with Crippen LogP contribution in [0, 0.1) is 0 Å². The van der Waals surface area contributed by atoms with Gasteiger partial charge in [0.25, 0.3) is 0 Å². The van der Waals surface area contributed by atoms with Crippen LogP contribution in [-0.2, 0) is 16.6 Å². The number of sulfonamides is 1. The highest BCUT2D eigenvalue weighted by atomic mass is 127. The lowest BCUT2D eigenvalue weighted by molar-refractivity contribution is 0.402. The molecule has 0 aliphatic rings. The first kappa shape index (κ1) is 20.9. The van der Waals surface area contributed by atoms with Gasteiger partial charge in [-0.15, -0.1) is 24.0 Å². The number of rotatable bonds is 4. The van der Waals surface area contributed by atoms with E-state index < -0.39 is 10.0 Å². The minimum atomic E-state index is -3.83. The van der Waals surface area contributed by atoms with Gasteiger partial charge in [0.2, 0.25) is 10.0 Å². The van der Waals surface area contributed by atoms with E-state index in [2.05, 4.69) is 4.99 Å². The molecule has 0 spiro atoms. The average molecular weight is 442 g/mol. The highest BCUT2D eigenvalue weighted by molar-refractivity contribution is 14.0. The molecular weight excluding hydrogens is 419 g/mol. The van der Waals surface area contributed by atoms with E-state index in [0.717, 1.165) is 11.5 Å². The maximum Gasteiger partial charge on any atom is 0.241 e. The SMILES string of the molecule is COc1ccc(CN=C(N(C)C)N(C)C)cc1S(N)(=O)=O.I. The maximum atomic E-state index is 11.6. The highest BCUT2D eigenvalue weighted by Crippen LogP contribution is 2.24. The van der Waals surface area contributed by atoms with Gasteiger partial charge in [-0.25, -0.2) is 18.5 Å². The molecule has 0 aromatic heterocycles. The Morgan fingerprint density at radius 2 is 1.77 bits per heavy atom. The predicted molar refractivity (Wildman–Crippen MR) is 98.3 cm³/mol. The van der Waals surface area contributed by atoms with Crippen molar-refractivity contribution < 1.29 is 13.2 Å². The van der Waals surface area contributed by atoms with Crippen molar-refractivity contribution in [3.63, 3.8) is 0 Å². The number of aliphatic imine (C=N–C) groups is 1. The molecule has 1 aromatic rings. The Labute approximate surface area is 149 Å². The number of hydrogen-bond acceptors (Lipinski definition) is 4. The second-order valence-electron chi connectivity index (χ2n) is 4.94. The lowest BCUT2D eigenvalue weighted by Crippen LogP contribution is -2.35. The molecule has 126 valence electrons. The van der Waals surface area contributed by atoms with Crippen molar-refractivity contribution in [3.05, 3.63) is 23.8 Å². The molecule has 0 unspecified atom stereocenters. The van der Waals surface area contributed by atoms with Crippen LogP contribution >= 0.6 is 24.0 Å². The maximum absolute atomic E-state index is 11.6. The molecule has 0 fully saturated rings. The number of nitrogens with two attached hydrogens (primary N) is 1. The van der Waals surface area contributed by atoms with E-state index in [9.17, 15) is 8.42 Å². The van der Waals surface area contributed by atoms with Crippen LogP contribution in [0.5, 0.6) is 5.75 Å². The molecule has 1 rings (SSSR count). The lowest BCUT2D eigenvalue weighted by atomic mass is 10.2. The Hall–Kier alpha value is -1.07. The summed E-state index contributed by atoms with van der Waals surface area (Å²) in [6.07, 6.45) is 0. The standard InChI is InChI=1S/C13H22N4O3S.HI/c1-16(2)13(17(3)4)15-9-10-6-7-11(20-5)12(8-10)21(14,18)19;/h6-8H,9H2,1-5H3,(H2,14,18,19);1H. The molecule has 0 amide bonds. The Kier molecular flexibility index (Phi) is 8.12. The molecule has 2 N–H and O–H groups in total. The van der Waals surface area contributed by atoms with Crippen LogP contribution in [0.2, 0.25) is 0 Å². The monoisotopic (exact) mass is 442 g/mol. The molecular formula is C13H23IN4O3S. The molecule has 0 aliphatic carbocycles. The first-order chi connectivity index (χ1) is 9.66. The zero-order valence-electron chi connectivity index (χ0n) is 13.4. The fraction of sp³-hybridized carbons (Fsp3) is 0.462. The number of guanidine groups is 1. The first-order valence-electron chi connectivity index (χ1n) is 6.25. The molecule has 22 heavy (non-hydrogen) atoms. The molecule has 7 nitrogen and oxygen atoms in total. The van der Waals surface area contributed by atoms with Gasteiger partial charge in [0, 0.05) is 28.2 Å². The molecule has 0 heterocycles. The van der Waals surface area contributed by atoms with Crippen molar-refractivity contribution in [2.24, 2.45) is 10.1 Å². The van der Waals surface area contributed by atoms with Gasteiger partial charge in [0.15, 0.2) is 5.96 Å². The molecule has 0 radical (unpaired) electrons. The van der Waals surface area contributed by atoms with Crippen LogP contribution < -0.4 is 9.88 Å². The van der Waals surface area contributed by atoms with E-state index in [1.54, 1.807) is 12.1 Å². The number of benzene rings is 1. The van der Waals surface area contributed by atoms with Gasteiger partial charge >= 0.3 is 0 Å². The fourth-order valence-electron chi connectivity index (χ4n) is 1.89. The van der Waals surface area contributed by atoms with Crippen LogP contribution in [-0.4, -0.2) is 59.5 Å². The second kappa shape index (κ2) is 8.53. The van der Waals surface area contributed by atoms with Crippen molar-refractivity contribution in [2.75, 3.05) is 35.3 Å². The Bertz CT molecular complexity index is 620. The molecule has 0 atom stereocenters. The summed E-state index contributed by atoms with van der Waals surface area (Å²) in [7, 11) is 5.13. The number of halogens is 1. The number of methoxy groups -OCH3 is 1. The van der Waals surface area contributed by atoms with Gasteiger partial charge in [0.05, 0.1) is 13.7 Å². The van der Waals surface area contributed by atoms with Gasteiger partial charge in [-0.3, -0.25) is 0 Å². The van der Waals surface area contributed by atoms with Crippen molar-refractivity contribution >= 4 is 40.0 Å². The zero-order valence-corrected chi connectivity index (χ0v) is 16.5. The molecule has 0 aliphatic heterocycles. The Morgan fingerprint density at radius 1 is 1.23 bits per heavy atom. The fourth-order valence-corrected chi connectivity index (χ4v) is 2.63. The van der Waals surface area contributed by atoms with Crippen LogP contribution in [0.25, 0.3) is 0 Å². The molecule has 1 aromatic carbocycles. The summed E-state index contributed by atoms with van der Waals surface area (Å²) in [4.78, 5) is 8.19. The minimum absolute atomic E-state index is 0. The average Bonchev–Trinajstić information content (AvgIpc) is 2.36. The van der Waals surface area contributed by atoms with Crippen LogP contribution in [0.4, 0.5) is 0 Å². The first-order valence-corrected chi connectivity index (χ1v) is 7.80. The summed E-state index contributed by atoms with van der Waals surface area (Å²) in [6, 6.07) is 4.83. The summed E-state index contributed by atoms with van der Waals surface area (Å²) in [6.45, 7) is 0.345. The highest BCUT2D eigenvalue weighted by Gasteiger charge is 2.15. The number of hydrogen-bond donors (Lipinski definition) is 1. The van der Waals surface area contributed by atoms with Gasteiger partial charge in [0.1, 0.15) is 10.6 Å². The van der Waals surface area contributed by atoms with Crippen molar-refractivity contribution in [3.8, 4) is 5.75 Å². The van der Waals surface area contributed by atoms with Crippen LogP contribution in [0.3, 0.4) is 0 Å². The van der Waals surface area contributed by atoms with Crippen molar-refractivity contribution in [1.82, 2.24) is 9.80 Å². The summed E-state index contributed by atoms with van der Waals surface area (Å²) in [5.74, 6) is 1.01. The summed E-state index contributed by atoms with van der Waals surface area (Å²) >= 11 is 0. The van der Waals surface area contributed by atoms with E-state index in [1.807, 2.05) is 38.0 Å². The normalized spacial score (nSPS) is 10.5. The predicted octanol–water partition coefficient (Wildman–Crippen LogP) is 0.940. The molecule has 9 heteroatoms. The third kappa shape index (κ3) is 5.61. The van der Waals surface area contributed by atoms with Gasteiger partial charge in [-0.2, -0.15) is 0 Å². The van der Waals surface area contributed by atoms with E-state index in [0.29, 0.717) is 6.54 Å². The van der Waals surface area contributed by atoms with Gasteiger partial charge < -0.3 is 14.5 Å². The molecule has 0 saturated heterocycles. The zero-order chi connectivity index (χ0) is 16.2. The molecule has 0 saturated carbocycles. The third-order valence-electron chi connectivity index (χ3n) is 2.74. The van der Waals surface area contributed by atoms with Crippen molar-refractivity contribution in [1.29, 1.82) is 0 Å². The quantitative estimate of drug-likeness (QED) is 0.426. The van der Waals surface area contributed by atoms with Crippen molar-refractivity contribution in [2.45, 2.75) is 11.4 Å². The largest absolute Gasteiger partial charge is 0.495 e. The smallest absolute Gasteiger partial charge is 0.241 e. The van der Waals surface area contributed by atoms with Gasteiger partial charge in [-0.05, 0) is 17.7 Å². The Balaban J connectivity index is 0.00000441. The summed E-state index contributed by atoms with van der Waals surface area (Å²) in [5.41, 5.74) is 0.737. The minimum Gasteiger partial charge on any atom is -0.495 e. The second-order valence-corrected chi connectivity index (χ2v) is 6.47. The van der Waals surface area contributed by atoms with E-state index >= 15 is 0 Å². The number of nitrogens with zero attached hydrogens (tertiary/aromatic N) is 3. The molecule has 0 bridgehead atoms. The van der Waals surface area contributed by atoms with Crippen LogP contribution in [0.1, 0.15) is 5.56 Å². The topological polar surface area (TPSA) is 88.2 Å². The van der Waals surface area contributed by atoms with Crippen LogP contribution in [0.15, 0.2) is 28.1 Å². The number of ether oxygens (including phenoxy) is 1. The summed E-state index contributed by atoms with van der Waals surface area (Å²) in [5, 5.41) is 5.19. The number of primary sulfonamides is 1. The lowest BCUT2D eigenvalue weighted by Gasteiger charge is -2.22.